The van der Waals surface area contributed by atoms with Gasteiger partial charge in [0.25, 0.3) is 0 Å². The van der Waals surface area contributed by atoms with E-state index in [4.69, 9.17) is 5.11 Å². The maximum absolute atomic E-state index is 10.8. The molecule has 1 atom stereocenters. The van der Waals surface area contributed by atoms with Crippen molar-refractivity contribution in [1.82, 2.24) is 9.88 Å². The van der Waals surface area contributed by atoms with Crippen molar-refractivity contribution in [3.63, 3.8) is 0 Å². The van der Waals surface area contributed by atoms with E-state index in [0.717, 1.165) is 23.1 Å². The molecule has 0 bridgehead atoms. The average molecular weight is 301 g/mol. The summed E-state index contributed by atoms with van der Waals surface area (Å²) in [4.78, 5) is 17.0. The Hall–Kier alpha value is -0.940. The third-order valence-electron chi connectivity index (χ3n) is 2.57. The maximum atomic E-state index is 10.8. The molecule has 1 unspecified atom stereocenters. The van der Waals surface area contributed by atoms with Crippen LogP contribution in [0.15, 0.2) is 22.9 Å². The highest BCUT2D eigenvalue weighted by Crippen LogP contribution is 2.12. The number of hydrogen-bond donors (Lipinski definition) is 1. The fourth-order valence-electron chi connectivity index (χ4n) is 1.57. The fourth-order valence-corrected chi connectivity index (χ4v) is 1.98. The molecular formula is C12H17BrN2O2. The first-order valence-corrected chi connectivity index (χ1v) is 6.36. The molecule has 0 aliphatic heterocycles. The van der Waals surface area contributed by atoms with Crippen molar-refractivity contribution in [2.24, 2.45) is 5.92 Å². The first-order valence-electron chi connectivity index (χ1n) is 5.57. The standard InChI is InChI=1S/C12H17BrN2O2/c1-3-15(7-9(2)12(16)17)8-10-4-11(13)6-14-5-10/h4-6,9H,3,7-8H2,1-2H3,(H,16,17). The van der Waals surface area contributed by atoms with Crippen LogP contribution in [0.3, 0.4) is 0 Å². The van der Waals surface area contributed by atoms with E-state index in [-0.39, 0.29) is 5.92 Å². The molecular weight excluding hydrogens is 284 g/mol. The van der Waals surface area contributed by atoms with Crippen molar-refractivity contribution in [3.8, 4) is 0 Å². The van der Waals surface area contributed by atoms with E-state index in [0.29, 0.717) is 6.54 Å². The number of aliphatic carboxylic acids is 1. The number of halogens is 1. The lowest BCUT2D eigenvalue weighted by atomic mass is 10.1. The largest absolute Gasteiger partial charge is 0.481 e. The van der Waals surface area contributed by atoms with Gasteiger partial charge in [0.05, 0.1) is 5.92 Å². The fraction of sp³-hybridized carbons (Fsp3) is 0.500. The highest BCUT2D eigenvalue weighted by atomic mass is 79.9. The van der Waals surface area contributed by atoms with Gasteiger partial charge in [-0.05, 0) is 34.1 Å². The van der Waals surface area contributed by atoms with Gasteiger partial charge in [-0.2, -0.15) is 0 Å². The summed E-state index contributed by atoms with van der Waals surface area (Å²) in [6.45, 7) is 5.85. The Morgan fingerprint density at radius 3 is 2.82 bits per heavy atom. The van der Waals surface area contributed by atoms with E-state index in [1.54, 1.807) is 19.3 Å². The molecule has 0 aliphatic rings. The number of pyridine rings is 1. The predicted octanol–water partition coefficient (Wildman–Crippen LogP) is 2.39. The molecule has 4 nitrogen and oxygen atoms in total. The highest BCUT2D eigenvalue weighted by Gasteiger charge is 2.15. The van der Waals surface area contributed by atoms with E-state index in [1.807, 2.05) is 13.0 Å². The molecule has 0 saturated carbocycles. The number of carbonyl (C=O) groups is 1. The number of carboxylic acids is 1. The van der Waals surface area contributed by atoms with Crippen LogP contribution in [-0.4, -0.2) is 34.0 Å². The summed E-state index contributed by atoms with van der Waals surface area (Å²) in [6.07, 6.45) is 3.54. The van der Waals surface area contributed by atoms with Crippen molar-refractivity contribution in [3.05, 3.63) is 28.5 Å². The minimum absolute atomic E-state index is 0.352. The van der Waals surface area contributed by atoms with Crippen LogP contribution in [0, 0.1) is 5.92 Å². The van der Waals surface area contributed by atoms with Gasteiger partial charge in [-0.15, -0.1) is 0 Å². The van der Waals surface area contributed by atoms with Crippen LogP contribution >= 0.6 is 15.9 Å². The first-order chi connectivity index (χ1) is 8.02. The van der Waals surface area contributed by atoms with Crippen LogP contribution in [0.1, 0.15) is 19.4 Å². The number of aromatic nitrogens is 1. The SMILES string of the molecule is CCN(Cc1cncc(Br)c1)CC(C)C(=O)O. The number of nitrogens with zero attached hydrogens (tertiary/aromatic N) is 2. The summed E-state index contributed by atoms with van der Waals surface area (Å²) >= 11 is 3.37. The Morgan fingerprint density at radius 1 is 1.59 bits per heavy atom. The van der Waals surface area contributed by atoms with E-state index in [2.05, 4.69) is 25.8 Å². The molecule has 0 amide bonds. The van der Waals surface area contributed by atoms with Crippen molar-refractivity contribution in [2.75, 3.05) is 13.1 Å². The van der Waals surface area contributed by atoms with Crippen LogP contribution in [-0.2, 0) is 11.3 Å². The third-order valence-corrected chi connectivity index (χ3v) is 3.00. The molecule has 0 spiro atoms. The second-order valence-electron chi connectivity index (χ2n) is 4.08. The third kappa shape index (κ3) is 4.83. The van der Waals surface area contributed by atoms with E-state index < -0.39 is 5.97 Å². The minimum atomic E-state index is -0.754. The predicted molar refractivity (Wildman–Crippen MR) is 69.7 cm³/mol. The second kappa shape index (κ2) is 6.71. The van der Waals surface area contributed by atoms with Crippen molar-refractivity contribution in [2.45, 2.75) is 20.4 Å². The molecule has 1 heterocycles. The molecule has 0 fully saturated rings. The minimum Gasteiger partial charge on any atom is -0.481 e. The maximum Gasteiger partial charge on any atom is 0.307 e. The lowest BCUT2D eigenvalue weighted by molar-refractivity contribution is -0.141. The number of rotatable bonds is 6. The van der Waals surface area contributed by atoms with Crippen LogP contribution in [0.4, 0.5) is 0 Å². The summed E-state index contributed by atoms with van der Waals surface area (Å²) in [5.74, 6) is -1.11. The molecule has 94 valence electrons. The Bertz CT molecular complexity index is 385. The molecule has 0 aliphatic carbocycles. The Balaban J connectivity index is 2.61. The normalized spacial score (nSPS) is 12.7. The zero-order valence-corrected chi connectivity index (χ0v) is 11.6. The zero-order valence-electron chi connectivity index (χ0n) is 10.1. The topological polar surface area (TPSA) is 53.4 Å². The quantitative estimate of drug-likeness (QED) is 0.876. The first kappa shape index (κ1) is 14.1. The van der Waals surface area contributed by atoms with Gasteiger partial charge in [0, 0.05) is 30.0 Å². The number of carboxylic acid groups (broad SMARTS) is 1. The molecule has 0 radical (unpaired) electrons. The molecule has 5 heteroatoms. The summed E-state index contributed by atoms with van der Waals surface area (Å²) < 4.78 is 0.942. The summed E-state index contributed by atoms with van der Waals surface area (Å²) in [5, 5.41) is 8.89. The lowest BCUT2D eigenvalue weighted by Gasteiger charge is -2.22. The molecule has 1 aromatic heterocycles. The monoisotopic (exact) mass is 300 g/mol. The zero-order chi connectivity index (χ0) is 12.8. The molecule has 0 aromatic carbocycles. The van der Waals surface area contributed by atoms with E-state index >= 15 is 0 Å². The van der Waals surface area contributed by atoms with Gasteiger partial charge in [0.15, 0.2) is 0 Å². The van der Waals surface area contributed by atoms with Gasteiger partial charge in [-0.1, -0.05) is 13.8 Å². The Labute approximate surface area is 110 Å². The van der Waals surface area contributed by atoms with E-state index in [9.17, 15) is 4.79 Å². The summed E-state index contributed by atoms with van der Waals surface area (Å²) in [7, 11) is 0. The average Bonchev–Trinajstić information content (AvgIpc) is 2.27. The van der Waals surface area contributed by atoms with Crippen LogP contribution in [0.2, 0.25) is 0 Å². The molecule has 1 aromatic rings. The van der Waals surface area contributed by atoms with Gasteiger partial charge >= 0.3 is 5.97 Å². The highest BCUT2D eigenvalue weighted by molar-refractivity contribution is 9.10. The molecule has 17 heavy (non-hydrogen) atoms. The Kier molecular flexibility index (Phi) is 5.58. The van der Waals surface area contributed by atoms with Gasteiger partial charge in [-0.3, -0.25) is 14.7 Å². The van der Waals surface area contributed by atoms with Gasteiger partial charge < -0.3 is 5.11 Å². The van der Waals surface area contributed by atoms with Crippen LogP contribution in [0.25, 0.3) is 0 Å². The Morgan fingerprint density at radius 2 is 2.29 bits per heavy atom. The molecule has 0 saturated heterocycles. The lowest BCUT2D eigenvalue weighted by Crippen LogP contribution is -2.31. The van der Waals surface area contributed by atoms with E-state index in [1.165, 1.54) is 0 Å². The summed E-state index contributed by atoms with van der Waals surface area (Å²) in [5.41, 5.74) is 1.08. The number of hydrogen-bond acceptors (Lipinski definition) is 3. The van der Waals surface area contributed by atoms with Gasteiger partial charge in [-0.25, -0.2) is 0 Å². The summed E-state index contributed by atoms with van der Waals surface area (Å²) in [6, 6.07) is 2.00. The molecule has 1 N–H and O–H groups in total. The van der Waals surface area contributed by atoms with Crippen molar-refractivity contribution in [1.29, 1.82) is 0 Å². The van der Waals surface area contributed by atoms with Crippen molar-refractivity contribution < 1.29 is 9.90 Å². The van der Waals surface area contributed by atoms with Gasteiger partial charge in [0.2, 0.25) is 0 Å². The smallest absolute Gasteiger partial charge is 0.307 e. The van der Waals surface area contributed by atoms with Crippen LogP contribution < -0.4 is 0 Å². The molecule has 1 rings (SSSR count). The van der Waals surface area contributed by atoms with Crippen molar-refractivity contribution >= 4 is 21.9 Å². The second-order valence-corrected chi connectivity index (χ2v) is 4.99. The van der Waals surface area contributed by atoms with Crippen LogP contribution in [0.5, 0.6) is 0 Å². The van der Waals surface area contributed by atoms with Gasteiger partial charge in [0.1, 0.15) is 0 Å².